The van der Waals surface area contributed by atoms with Gasteiger partial charge in [-0.15, -0.1) is 0 Å². The number of rotatable bonds is 3. The van der Waals surface area contributed by atoms with Gasteiger partial charge in [-0.3, -0.25) is 9.48 Å². The maximum absolute atomic E-state index is 12.7. The zero-order valence-corrected chi connectivity index (χ0v) is 9.35. The molecule has 1 N–H and O–H groups in total. The Labute approximate surface area is 98.1 Å². The summed E-state index contributed by atoms with van der Waals surface area (Å²) in [4.78, 5) is 11.7. The van der Waals surface area contributed by atoms with Crippen molar-refractivity contribution in [3.8, 4) is 0 Å². The molecule has 17 heavy (non-hydrogen) atoms. The third-order valence-electron chi connectivity index (χ3n) is 2.42. The maximum atomic E-state index is 12.7. The van der Waals surface area contributed by atoms with Crippen molar-refractivity contribution in [3.05, 3.63) is 53.6 Å². The number of nitrogens with one attached hydrogen (secondary N) is 1. The summed E-state index contributed by atoms with van der Waals surface area (Å²) >= 11 is 0. The lowest BCUT2D eigenvalue weighted by Crippen LogP contribution is -2.25. The summed E-state index contributed by atoms with van der Waals surface area (Å²) in [5.41, 5.74) is 1.34. The lowest BCUT2D eigenvalue weighted by atomic mass is 10.2. The molecule has 0 bridgehead atoms. The van der Waals surface area contributed by atoms with Crippen LogP contribution in [0.4, 0.5) is 4.39 Å². The molecular weight excluding hydrogens is 221 g/mol. The van der Waals surface area contributed by atoms with Crippen LogP contribution in [0.15, 0.2) is 36.5 Å². The summed E-state index contributed by atoms with van der Waals surface area (Å²) in [6.45, 7) is 0.365. The molecule has 2 rings (SSSR count). The van der Waals surface area contributed by atoms with Gasteiger partial charge in [-0.2, -0.15) is 5.10 Å². The Morgan fingerprint density at radius 1 is 1.35 bits per heavy atom. The topological polar surface area (TPSA) is 46.9 Å². The predicted octanol–water partition coefficient (Wildman–Crippen LogP) is 1.49. The molecule has 1 aromatic carbocycles. The molecule has 0 saturated carbocycles. The highest BCUT2D eigenvalue weighted by molar-refractivity contribution is 5.92. The van der Waals surface area contributed by atoms with Crippen LogP contribution >= 0.6 is 0 Å². The second-order valence-electron chi connectivity index (χ2n) is 3.65. The molecule has 1 amide bonds. The van der Waals surface area contributed by atoms with Gasteiger partial charge in [0.1, 0.15) is 11.5 Å². The van der Waals surface area contributed by atoms with Crippen molar-refractivity contribution >= 4 is 5.91 Å². The molecule has 0 fully saturated rings. The number of halogens is 1. The molecule has 88 valence electrons. The lowest BCUT2D eigenvalue weighted by Gasteiger charge is -2.05. The van der Waals surface area contributed by atoms with Crippen molar-refractivity contribution in [2.45, 2.75) is 6.54 Å². The normalized spacial score (nSPS) is 10.2. The number of benzene rings is 1. The maximum Gasteiger partial charge on any atom is 0.269 e. The standard InChI is InChI=1S/C12H12FN3O/c1-16-11(6-7-15-16)12(17)14-8-9-2-4-10(13)5-3-9/h2-7H,8H2,1H3,(H,14,17). The van der Waals surface area contributed by atoms with Crippen molar-refractivity contribution < 1.29 is 9.18 Å². The van der Waals surface area contributed by atoms with Crippen LogP contribution in [0.1, 0.15) is 16.1 Å². The fourth-order valence-electron chi connectivity index (χ4n) is 1.47. The van der Waals surface area contributed by atoms with Gasteiger partial charge >= 0.3 is 0 Å². The summed E-state index contributed by atoms with van der Waals surface area (Å²) in [6, 6.07) is 7.65. The largest absolute Gasteiger partial charge is 0.347 e. The van der Waals surface area contributed by atoms with Gasteiger partial charge in [0.25, 0.3) is 5.91 Å². The molecule has 4 nitrogen and oxygen atoms in total. The van der Waals surface area contributed by atoms with Crippen molar-refractivity contribution in [3.63, 3.8) is 0 Å². The first-order chi connectivity index (χ1) is 8.16. The molecule has 0 aliphatic rings. The molecule has 0 spiro atoms. The quantitative estimate of drug-likeness (QED) is 0.873. The zero-order valence-electron chi connectivity index (χ0n) is 9.35. The molecule has 1 aromatic heterocycles. The number of hydrogen-bond acceptors (Lipinski definition) is 2. The highest BCUT2D eigenvalue weighted by atomic mass is 19.1. The van der Waals surface area contributed by atoms with E-state index in [1.165, 1.54) is 16.8 Å². The smallest absolute Gasteiger partial charge is 0.269 e. The van der Waals surface area contributed by atoms with Crippen LogP contribution in [-0.4, -0.2) is 15.7 Å². The van der Waals surface area contributed by atoms with E-state index in [9.17, 15) is 9.18 Å². The van der Waals surface area contributed by atoms with Gasteiger partial charge in [-0.1, -0.05) is 12.1 Å². The molecule has 2 aromatic rings. The van der Waals surface area contributed by atoms with Crippen LogP contribution in [0.2, 0.25) is 0 Å². The third kappa shape index (κ3) is 2.69. The lowest BCUT2D eigenvalue weighted by molar-refractivity contribution is 0.0941. The Morgan fingerprint density at radius 3 is 2.65 bits per heavy atom. The Kier molecular flexibility index (Phi) is 3.18. The average molecular weight is 233 g/mol. The molecule has 5 heteroatoms. The van der Waals surface area contributed by atoms with E-state index < -0.39 is 0 Å². The Bertz CT molecular complexity index is 519. The van der Waals surface area contributed by atoms with E-state index in [1.54, 1.807) is 31.4 Å². The van der Waals surface area contributed by atoms with E-state index in [2.05, 4.69) is 10.4 Å². The van der Waals surface area contributed by atoms with E-state index in [4.69, 9.17) is 0 Å². The molecular formula is C12H12FN3O. The minimum absolute atomic E-state index is 0.200. The number of carbonyl (C=O) groups excluding carboxylic acids is 1. The van der Waals surface area contributed by atoms with Crippen LogP contribution < -0.4 is 5.32 Å². The van der Waals surface area contributed by atoms with Crippen LogP contribution in [-0.2, 0) is 13.6 Å². The highest BCUT2D eigenvalue weighted by Gasteiger charge is 2.08. The summed E-state index contributed by atoms with van der Waals surface area (Å²) in [5, 5.41) is 6.65. The summed E-state index contributed by atoms with van der Waals surface area (Å²) in [5.74, 6) is -0.485. The summed E-state index contributed by atoms with van der Waals surface area (Å²) in [7, 11) is 1.70. The second kappa shape index (κ2) is 4.78. The van der Waals surface area contributed by atoms with Gasteiger partial charge < -0.3 is 5.32 Å². The highest BCUT2D eigenvalue weighted by Crippen LogP contribution is 2.03. The van der Waals surface area contributed by atoms with Crippen molar-refractivity contribution in [2.24, 2.45) is 7.05 Å². The number of amides is 1. The average Bonchev–Trinajstić information content (AvgIpc) is 2.74. The van der Waals surface area contributed by atoms with Crippen molar-refractivity contribution in [2.75, 3.05) is 0 Å². The number of nitrogens with zero attached hydrogens (tertiary/aromatic N) is 2. The van der Waals surface area contributed by atoms with E-state index in [0.29, 0.717) is 12.2 Å². The number of carbonyl (C=O) groups is 1. The monoisotopic (exact) mass is 233 g/mol. The summed E-state index contributed by atoms with van der Waals surface area (Å²) in [6.07, 6.45) is 1.56. The van der Waals surface area contributed by atoms with Crippen molar-refractivity contribution in [1.82, 2.24) is 15.1 Å². The number of hydrogen-bond donors (Lipinski definition) is 1. The van der Waals surface area contributed by atoms with E-state index >= 15 is 0 Å². The molecule has 0 unspecified atom stereocenters. The SMILES string of the molecule is Cn1nccc1C(=O)NCc1ccc(F)cc1. The van der Waals surface area contributed by atoms with E-state index in [0.717, 1.165) is 5.56 Å². The van der Waals surface area contributed by atoms with Gasteiger partial charge in [-0.05, 0) is 23.8 Å². The Balaban J connectivity index is 1.97. The van der Waals surface area contributed by atoms with E-state index in [-0.39, 0.29) is 11.7 Å². The minimum Gasteiger partial charge on any atom is -0.347 e. The predicted molar refractivity (Wildman–Crippen MR) is 60.8 cm³/mol. The first-order valence-electron chi connectivity index (χ1n) is 5.17. The molecule has 0 atom stereocenters. The van der Waals surface area contributed by atoms with Gasteiger partial charge in [0.15, 0.2) is 0 Å². The zero-order chi connectivity index (χ0) is 12.3. The Morgan fingerprint density at radius 2 is 2.06 bits per heavy atom. The van der Waals surface area contributed by atoms with Gasteiger partial charge in [0.05, 0.1) is 0 Å². The van der Waals surface area contributed by atoms with Gasteiger partial charge in [0.2, 0.25) is 0 Å². The molecule has 0 aliphatic carbocycles. The van der Waals surface area contributed by atoms with Crippen LogP contribution in [0.5, 0.6) is 0 Å². The molecule has 0 aliphatic heterocycles. The molecule has 1 heterocycles. The fourth-order valence-corrected chi connectivity index (χ4v) is 1.47. The first kappa shape index (κ1) is 11.3. The summed E-state index contributed by atoms with van der Waals surface area (Å²) < 4.78 is 14.2. The number of aryl methyl sites for hydroxylation is 1. The minimum atomic E-state index is -0.285. The van der Waals surface area contributed by atoms with Gasteiger partial charge in [0, 0.05) is 19.8 Å². The van der Waals surface area contributed by atoms with Crippen molar-refractivity contribution in [1.29, 1.82) is 0 Å². The molecule has 0 saturated heterocycles. The van der Waals surface area contributed by atoms with Crippen LogP contribution in [0, 0.1) is 5.82 Å². The first-order valence-corrected chi connectivity index (χ1v) is 5.17. The van der Waals surface area contributed by atoms with Gasteiger partial charge in [-0.25, -0.2) is 4.39 Å². The Hall–Kier alpha value is -2.17. The van der Waals surface area contributed by atoms with E-state index in [1.807, 2.05) is 0 Å². The van der Waals surface area contributed by atoms with Crippen LogP contribution in [0.25, 0.3) is 0 Å². The third-order valence-corrected chi connectivity index (χ3v) is 2.42. The second-order valence-corrected chi connectivity index (χ2v) is 3.65. The van der Waals surface area contributed by atoms with Crippen LogP contribution in [0.3, 0.4) is 0 Å². The number of aromatic nitrogens is 2. The fraction of sp³-hybridized carbons (Fsp3) is 0.167. The molecule has 0 radical (unpaired) electrons.